The third-order valence-corrected chi connectivity index (χ3v) is 4.32. The van der Waals surface area contributed by atoms with Gasteiger partial charge in [-0.1, -0.05) is 6.42 Å². The molecule has 1 fully saturated rings. The predicted octanol–water partition coefficient (Wildman–Crippen LogP) is 3.38. The van der Waals surface area contributed by atoms with E-state index in [-0.39, 0.29) is 6.04 Å². The van der Waals surface area contributed by atoms with Gasteiger partial charge in [0.15, 0.2) is 0 Å². The van der Waals surface area contributed by atoms with Crippen molar-refractivity contribution in [2.24, 2.45) is 18.7 Å². The topological polar surface area (TPSA) is 40.2 Å². The number of aryl methyl sites for hydroxylation is 1. The van der Waals surface area contributed by atoms with Crippen LogP contribution in [0.1, 0.15) is 37.8 Å². The first-order valence-corrected chi connectivity index (χ1v) is 7.18. The average molecular weight is 258 g/mol. The molecular weight excluding hydrogens is 236 g/mol. The maximum absolute atomic E-state index is 6.45. The third kappa shape index (κ3) is 2.12. The Kier molecular flexibility index (Phi) is 3.23. The average Bonchev–Trinajstić information content (AvgIpc) is 2.65. The van der Waals surface area contributed by atoms with Crippen LogP contribution in [0.5, 0.6) is 5.75 Å². The number of hydrogen-bond acceptors (Lipinski definition) is 2. The van der Waals surface area contributed by atoms with E-state index in [9.17, 15) is 0 Å². The molecule has 0 radical (unpaired) electrons. The molecule has 3 nitrogen and oxygen atoms in total. The first-order chi connectivity index (χ1) is 9.20. The Morgan fingerprint density at radius 1 is 1.42 bits per heavy atom. The van der Waals surface area contributed by atoms with Gasteiger partial charge in [-0.3, -0.25) is 0 Å². The predicted molar refractivity (Wildman–Crippen MR) is 78.4 cm³/mol. The van der Waals surface area contributed by atoms with Crippen molar-refractivity contribution in [2.45, 2.75) is 32.2 Å². The lowest BCUT2D eigenvalue weighted by atomic mass is 9.77. The molecule has 1 unspecified atom stereocenters. The van der Waals surface area contributed by atoms with Crippen LogP contribution in [0.25, 0.3) is 10.9 Å². The fourth-order valence-electron chi connectivity index (χ4n) is 2.98. The Bertz CT molecular complexity index is 584. The second-order valence-corrected chi connectivity index (χ2v) is 5.52. The second-order valence-electron chi connectivity index (χ2n) is 5.52. The summed E-state index contributed by atoms with van der Waals surface area (Å²) in [6.07, 6.45) is 6.04. The first kappa shape index (κ1) is 12.5. The van der Waals surface area contributed by atoms with Gasteiger partial charge in [-0.05, 0) is 49.4 Å². The van der Waals surface area contributed by atoms with Gasteiger partial charge in [0.2, 0.25) is 0 Å². The maximum atomic E-state index is 6.45. The number of nitrogens with two attached hydrogens (primary N) is 1. The van der Waals surface area contributed by atoms with Gasteiger partial charge in [-0.25, -0.2) is 0 Å². The number of nitrogens with zero attached hydrogens (tertiary/aromatic N) is 1. The van der Waals surface area contributed by atoms with Gasteiger partial charge in [0.05, 0.1) is 6.61 Å². The van der Waals surface area contributed by atoms with E-state index in [1.807, 2.05) is 13.0 Å². The Morgan fingerprint density at radius 3 is 2.84 bits per heavy atom. The zero-order valence-electron chi connectivity index (χ0n) is 11.7. The lowest BCUT2D eigenvalue weighted by Crippen LogP contribution is -2.26. The van der Waals surface area contributed by atoms with Gasteiger partial charge in [0.1, 0.15) is 5.75 Å². The molecule has 2 N–H and O–H groups in total. The van der Waals surface area contributed by atoms with Crippen LogP contribution in [0.3, 0.4) is 0 Å². The summed E-state index contributed by atoms with van der Waals surface area (Å²) in [4.78, 5) is 0. The Labute approximate surface area is 114 Å². The minimum absolute atomic E-state index is 0.161. The molecule has 1 saturated carbocycles. The highest BCUT2D eigenvalue weighted by molar-refractivity contribution is 5.86. The number of rotatable bonds is 4. The van der Waals surface area contributed by atoms with Gasteiger partial charge in [-0.2, -0.15) is 0 Å². The molecule has 1 aliphatic rings. The summed E-state index contributed by atoms with van der Waals surface area (Å²) in [5, 5.41) is 1.24. The summed E-state index contributed by atoms with van der Waals surface area (Å²) in [7, 11) is 2.08. The van der Waals surface area contributed by atoms with Crippen LogP contribution < -0.4 is 10.5 Å². The largest absolute Gasteiger partial charge is 0.494 e. The van der Waals surface area contributed by atoms with Crippen molar-refractivity contribution in [1.82, 2.24) is 4.57 Å². The van der Waals surface area contributed by atoms with Gasteiger partial charge >= 0.3 is 0 Å². The maximum Gasteiger partial charge on any atom is 0.120 e. The van der Waals surface area contributed by atoms with Crippen LogP contribution >= 0.6 is 0 Å². The normalized spacial score (nSPS) is 17.4. The minimum atomic E-state index is 0.161. The molecular formula is C16H22N2O. The van der Waals surface area contributed by atoms with E-state index >= 15 is 0 Å². The molecule has 1 aromatic carbocycles. The summed E-state index contributed by atoms with van der Waals surface area (Å²) in [5.41, 5.74) is 8.95. The van der Waals surface area contributed by atoms with Gasteiger partial charge < -0.3 is 15.0 Å². The van der Waals surface area contributed by atoms with Gasteiger partial charge in [-0.15, -0.1) is 0 Å². The number of ether oxygens (including phenoxy) is 1. The van der Waals surface area contributed by atoms with E-state index in [0.29, 0.717) is 12.5 Å². The Hall–Kier alpha value is -1.48. The SMILES string of the molecule is CCOc1ccc2c(c1)c(C(N)C1CCC1)cn2C. The zero-order chi connectivity index (χ0) is 13.4. The Balaban J connectivity index is 2.04. The fourth-order valence-corrected chi connectivity index (χ4v) is 2.98. The number of aromatic nitrogens is 1. The molecule has 3 heteroatoms. The van der Waals surface area contributed by atoms with E-state index in [1.165, 1.54) is 35.7 Å². The molecule has 1 aliphatic carbocycles. The van der Waals surface area contributed by atoms with E-state index in [4.69, 9.17) is 10.5 Å². The van der Waals surface area contributed by atoms with Gasteiger partial charge in [0.25, 0.3) is 0 Å². The lowest BCUT2D eigenvalue weighted by Gasteiger charge is -2.31. The van der Waals surface area contributed by atoms with Crippen molar-refractivity contribution in [3.05, 3.63) is 30.0 Å². The highest BCUT2D eigenvalue weighted by Gasteiger charge is 2.27. The molecule has 102 valence electrons. The van der Waals surface area contributed by atoms with Crippen molar-refractivity contribution < 1.29 is 4.74 Å². The monoisotopic (exact) mass is 258 g/mol. The van der Waals surface area contributed by atoms with Crippen molar-refractivity contribution in [3.8, 4) is 5.75 Å². The van der Waals surface area contributed by atoms with Crippen LogP contribution in [0.4, 0.5) is 0 Å². The Morgan fingerprint density at radius 2 is 2.21 bits per heavy atom. The molecule has 1 heterocycles. The summed E-state index contributed by atoms with van der Waals surface area (Å²) >= 11 is 0. The van der Waals surface area contributed by atoms with Crippen LogP contribution in [-0.4, -0.2) is 11.2 Å². The molecule has 0 saturated heterocycles. The highest BCUT2D eigenvalue weighted by Crippen LogP contribution is 2.39. The quantitative estimate of drug-likeness (QED) is 0.913. The highest BCUT2D eigenvalue weighted by atomic mass is 16.5. The molecule has 3 rings (SSSR count). The molecule has 0 spiro atoms. The van der Waals surface area contributed by atoms with Crippen molar-refractivity contribution in [2.75, 3.05) is 6.61 Å². The van der Waals surface area contributed by atoms with E-state index < -0.39 is 0 Å². The van der Waals surface area contributed by atoms with Crippen molar-refractivity contribution >= 4 is 10.9 Å². The first-order valence-electron chi connectivity index (χ1n) is 7.18. The molecule has 2 aromatic rings. The van der Waals surface area contributed by atoms with Crippen LogP contribution in [0.15, 0.2) is 24.4 Å². The van der Waals surface area contributed by atoms with Crippen molar-refractivity contribution in [1.29, 1.82) is 0 Å². The van der Waals surface area contributed by atoms with E-state index in [2.05, 4.69) is 29.9 Å². The number of benzene rings is 1. The standard InChI is InChI=1S/C16H22N2O/c1-3-19-12-7-8-15-13(9-12)14(10-18(15)2)16(17)11-5-4-6-11/h7-11,16H,3-6,17H2,1-2H3. The number of fused-ring (bicyclic) bond motifs is 1. The second kappa shape index (κ2) is 4.89. The molecule has 1 aromatic heterocycles. The van der Waals surface area contributed by atoms with E-state index in [0.717, 1.165) is 5.75 Å². The summed E-state index contributed by atoms with van der Waals surface area (Å²) in [6.45, 7) is 2.71. The smallest absolute Gasteiger partial charge is 0.120 e. The fraction of sp³-hybridized carbons (Fsp3) is 0.500. The van der Waals surface area contributed by atoms with Crippen LogP contribution in [0, 0.1) is 5.92 Å². The molecule has 0 bridgehead atoms. The van der Waals surface area contributed by atoms with Gasteiger partial charge in [0, 0.05) is 30.2 Å². The van der Waals surface area contributed by atoms with Crippen molar-refractivity contribution in [3.63, 3.8) is 0 Å². The molecule has 0 aliphatic heterocycles. The summed E-state index contributed by atoms with van der Waals surface area (Å²) < 4.78 is 7.77. The molecule has 1 atom stereocenters. The summed E-state index contributed by atoms with van der Waals surface area (Å²) in [6, 6.07) is 6.45. The van der Waals surface area contributed by atoms with Crippen LogP contribution in [0.2, 0.25) is 0 Å². The minimum Gasteiger partial charge on any atom is -0.494 e. The molecule has 19 heavy (non-hydrogen) atoms. The number of hydrogen-bond donors (Lipinski definition) is 1. The van der Waals surface area contributed by atoms with E-state index in [1.54, 1.807) is 0 Å². The summed E-state index contributed by atoms with van der Waals surface area (Å²) in [5.74, 6) is 1.59. The lowest BCUT2D eigenvalue weighted by molar-refractivity contribution is 0.265. The van der Waals surface area contributed by atoms with Crippen LogP contribution in [-0.2, 0) is 7.05 Å². The molecule has 0 amide bonds. The third-order valence-electron chi connectivity index (χ3n) is 4.32. The zero-order valence-corrected chi connectivity index (χ0v) is 11.7.